The van der Waals surface area contributed by atoms with Gasteiger partial charge in [0.25, 0.3) is 0 Å². The maximum atomic E-state index is 2.52. The van der Waals surface area contributed by atoms with Crippen LogP contribution < -0.4 is 4.90 Å². The van der Waals surface area contributed by atoms with E-state index in [1.165, 1.54) is 59.8 Å². The Bertz CT molecular complexity index is 624. The monoisotopic (exact) mass is 281 g/mol. The summed E-state index contributed by atoms with van der Waals surface area (Å²) in [5.41, 5.74) is 4.46. The first-order valence-electron chi connectivity index (χ1n) is 7.56. The van der Waals surface area contributed by atoms with E-state index in [9.17, 15) is 0 Å². The van der Waals surface area contributed by atoms with Gasteiger partial charge in [0, 0.05) is 11.4 Å². The molecule has 2 heterocycles. The van der Waals surface area contributed by atoms with Crippen LogP contribution >= 0.6 is 11.8 Å². The molecule has 0 bridgehead atoms. The molecule has 1 aromatic carbocycles. The molecule has 0 atom stereocenters. The number of benzene rings is 1. The molecule has 102 valence electrons. The standard InChI is InChI=1S/C18H19NS/c1-2-7-14(8-3-1)13-15-9-6-12-19-16-10-4-5-11-17(16)20-18(15)19/h2,4-5,7,10-11,13H,1,3,6,8-9,12H2/b14-13-. The number of rotatable bonds is 1. The normalized spacial score (nSPS) is 23.2. The van der Waals surface area contributed by atoms with Gasteiger partial charge in [-0.3, -0.25) is 0 Å². The van der Waals surface area contributed by atoms with Gasteiger partial charge in [-0.2, -0.15) is 0 Å². The van der Waals surface area contributed by atoms with Gasteiger partial charge in [-0.15, -0.1) is 0 Å². The predicted octanol–water partition coefficient (Wildman–Crippen LogP) is 5.27. The number of hydrogen-bond donors (Lipinski definition) is 0. The van der Waals surface area contributed by atoms with Gasteiger partial charge >= 0.3 is 0 Å². The van der Waals surface area contributed by atoms with Crippen LogP contribution in [0.15, 0.2) is 63.6 Å². The Kier molecular flexibility index (Phi) is 3.19. The number of para-hydroxylation sites is 1. The van der Waals surface area contributed by atoms with Crippen LogP contribution in [-0.2, 0) is 0 Å². The zero-order valence-corrected chi connectivity index (χ0v) is 12.5. The average Bonchev–Trinajstić information content (AvgIpc) is 2.88. The van der Waals surface area contributed by atoms with Crippen molar-refractivity contribution < 1.29 is 0 Å². The van der Waals surface area contributed by atoms with Crippen LogP contribution in [0, 0.1) is 0 Å². The third kappa shape index (κ3) is 2.12. The molecule has 0 unspecified atom stereocenters. The molecule has 0 saturated carbocycles. The summed E-state index contributed by atoms with van der Waals surface area (Å²) in [6.45, 7) is 1.17. The summed E-state index contributed by atoms with van der Waals surface area (Å²) < 4.78 is 0. The molecular weight excluding hydrogens is 262 g/mol. The molecule has 1 aromatic rings. The highest BCUT2D eigenvalue weighted by atomic mass is 32.2. The summed E-state index contributed by atoms with van der Waals surface area (Å²) in [5.74, 6) is 0. The average molecular weight is 281 g/mol. The zero-order chi connectivity index (χ0) is 13.4. The molecule has 1 aliphatic carbocycles. The van der Waals surface area contributed by atoms with E-state index >= 15 is 0 Å². The molecule has 0 fully saturated rings. The van der Waals surface area contributed by atoms with E-state index in [-0.39, 0.29) is 0 Å². The molecule has 2 heteroatoms. The maximum absolute atomic E-state index is 2.52. The van der Waals surface area contributed by atoms with E-state index in [0.717, 1.165) is 0 Å². The van der Waals surface area contributed by atoms with Crippen molar-refractivity contribution in [3.63, 3.8) is 0 Å². The van der Waals surface area contributed by atoms with Gasteiger partial charge in [0.2, 0.25) is 0 Å². The van der Waals surface area contributed by atoms with Crippen LogP contribution in [0.3, 0.4) is 0 Å². The molecule has 0 spiro atoms. The number of fused-ring (bicyclic) bond motifs is 3. The van der Waals surface area contributed by atoms with E-state index in [0.29, 0.717) is 0 Å². The summed E-state index contributed by atoms with van der Waals surface area (Å²) >= 11 is 1.95. The molecule has 3 aliphatic rings. The molecule has 0 amide bonds. The lowest BCUT2D eigenvalue weighted by atomic mass is 9.97. The lowest BCUT2D eigenvalue weighted by Crippen LogP contribution is -2.24. The molecule has 0 saturated heterocycles. The van der Waals surface area contributed by atoms with E-state index in [1.54, 1.807) is 5.57 Å². The first-order chi connectivity index (χ1) is 9.92. The summed E-state index contributed by atoms with van der Waals surface area (Å²) in [6, 6.07) is 8.80. The van der Waals surface area contributed by atoms with E-state index in [1.807, 2.05) is 11.8 Å². The summed E-state index contributed by atoms with van der Waals surface area (Å²) in [4.78, 5) is 3.93. The molecular formula is C18H19NS. The van der Waals surface area contributed by atoms with E-state index in [4.69, 9.17) is 0 Å². The van der Waals surface area contributed by atoms with Crippen LogP contribution in [0.4, 0.5) is 5.69 Å². The minimum atomic E-state index is 1.17. The molecule has 2 aliphatic heterocycles. The number of nitrogens with zero attached hydrogens (tertiary/aromatic N) is 1. The second-order valence-electron chi connectivity index (χ2n) is 5.67. The first kappa shape index (κ1) is 12.3. The highest BCUT2D eigenvalue weighted by Gasteiger charge is 2.29. The fraction of sp³-hybridized carbons (Fsp3) is 0.333. The molecule has 4 rings (SSSR count). The van der Waals surface area contributed by atoms with Crippen LogP contribution in [0.25, 0.3) is 0 Å². The highest BCUT2D eigenvalue weighted by molar-refractivity contribution is 8.03. The fourth-order valence-electron chi connectivity index (χ4n) is 3.25. The van der Waals surface area contributed by atoms with Crippen molar-refractivity contribution in [2.75, 3.05) is 11.4 Å². The third-order valence-corrected chi connectivity index (χ3v) is 5.48. The van der Waals surface area contributed by atoms with Crippen molar-refractivity contribution in [3.8, 4) is 0 Å². The van der Waals surface area contributed by atoms with Crippen molar-refractivity contribution in [2.45, 2.75) is 37.0 Å². The largest absolute Gasteiger partial charge is 0.335 e. The predicted molar refractivity (Wildman–Crippen MR) is 87.0 cm³/mol. The smallest absolute Gasteiger partial charge is 0.0834 e. The Morgan fingerprint density at radius 1 is 1.10 bits per heavy atom. The van der Waals surface area contributed by atoms with Gasteiger partial charge in [0.05, 0.1) is 10.7 Å². The number of thioether (sulfide) groups is 1. The maximum Gasteiger partial charge on any atom is 0.0834 e. The molecule has 0 aromatic heterocycles. The lowest BCUT2D eigenvalue weighted by molar-refractivity contribution is 0.754. The lowest BCUT2D eigenvalue weighted by Gasteiger charge is -2.27. The topological polar surface area (TPSA) is 3.24 Å². The highest BCUT2D eigenvalue weighted by Crippen LogP contribution is 2.49. The van der Waals surface area contributed by atoms with Gasteiger partial charge in [-0.05, 0) is 55.4 Å². The minimum Gasteiger partial charge on any atom is -0.335 e. The van der Waals surface area contributed by atoms with Crippen LogP contribution in [-0.4, -0.2) is 6.54 Å². The Morgan fingerprint density at radius 3 is 2.95 bits per heavy atom. The van der Waals surface area contributed by atoms with Crippen molar-refractivity contribution in [1.29, 1.82) is 0 Å². The molecule has 1 nitrogen and oxygen atoms in total. The number of allylic oxidation sites excluding steroid dienone is 5. The SMILES string of the molecule is C1=C/C(=C/C2=C3Sc4ccccc4N3CCC2)CCC1. The van der Waals surface area contributed by atoms with Gasteiger partial charge in [-0.1, -0.05) is 42.1 Å². The second kappa shape index (κ2) is 5.17. The van der Waals surface area contributed by atoms with E-state index in [2.05, 4.69) is 47.4 Å². The minimum absolute atomic E-state index is 1.17. The summed E-state index contributed by atoms with van der Waals surface area (Å²) in [6.07, 6.45) is 13.4. The van der Waals surface area contributed by atoms with Crippen molar-refractivity contribution in [1.82, 2.24) is 0 Å². The van der Waals surface area contributed by atoms with Gasteiger partial charge in [0.1, 0.15) is 0 Å². The Hall–Kier alpha value is -1.41. The first-order valence-corrected chi connectivity index (χ1v) is 8.38. The van der Waals surface area contributed by atoms with Crippen LogP contribution in [0.5, 0.6) is 0 Å². The zero-order valence-electron chi connectivity index (χ0n) is 11.6. The van der Waals surface area contributed by atoms with Crippen molar-refractivity contribution in [2.24, 2.45) is 0 Å². The Balaban J connectivity index is 1.74. The van der Waals surface area contributed by atoms with Gasteiger partial charge in [-0.25, -0.2) is 0 Å². The molecule has 20 heavy (non-hydrogen) atoms. The Labute approximate surface area is 125 Å². The summed E-state index contributed by atoms with van der Waals surface area (Å²) in [7, 11) is 0. The quantitative estimate of drug-likeness (QED) is 0.690. The second-order valence-corrected chi connectivity index (χ2v) is 6.70. The number of hydrogen-bond acceptors (Lipinski definition) is 2. The molecule has 0 N–H and O–H groups in total. The number of anilines is 1. The van der Waals surface area contributed by atoms with Gasteiger partial charge in [0.15, 0.2) is 0 Å². The van der Waals surface area contributed by atoms with Crippen molar-refractivity contribution >= 4 is 17.4 Å². The van der Waals surface area contributed by atoms with Crippen molar-refractivity contribution in [3.05, 3.63) is 58.7 Å². The van der Waals surface area contributed by atoms with Gasteiger partial charge < -0.3 is 4.90 Å². The molecule has 0 radical (unpaired) electrons. The Morgan fingerprint density at radius 2 is 2.05 bits per heavy atom. The third-order valence-electron chi connectivity index (χ3n) is 4.24. The van der Waals surface area contributed by atoms with E-state index < -0.39 is 0 Å². The fourth-order valence-corrected chi connectivity index (χ4v) is 4.48. The van der Waals surface area contributed by atoms with Crippen LogP contribution in [0.2, 0.25) is 0 Å². The van der Waals surface area contributed by atoms with Crippen LogP contribution in [0.1, 0.15) is 32.1 Å². The summed E-state index contributed by atoms with van der Waals surface area (Å²) in [5, 5.41) is 1.48.